The zero-order chi connectivity index (χ0) is 22.0. The third-order valence-electron chi connectivity index (χ3n) is 5.20. The first kappa shape index (κ1) is 20.8. The summed E-state index contributed by atoms with van der Waals surface area (Å²) >= 11 is 0. The Morgan fingerprint density at radius 3 is 2.55 bits per heavy atom. The van der Waals surface area contributed by atoms with Crippen molar-refractivity contribution in [2.75, 3.05) is 10.5 Å². The number of nitrogens with one attached hydrogen (secondary N) is 2. The van der Waals surface area contributed by atoms with E-state index in [9.17, 15) is 13.2 Å². The predicted molar refractivity (Wildman–Crippen MR) is 124 cm³/mol. The van der Waals surface area contributed by atoms with Crippen LogP contribution in [0.1, 0.15) is 34.8 Å². The summed E-state index contributed by atoms with van der Waals surface area (Å²) in [5.41, 5.74) is 4.51. The minimum absolute atomic E-state index is 0.0288. The van der Waals surface area contributed by atoms with Gasteiger partial charge in [-0.15, -0.1) is 0 Å². The second kappa shape index (κ2) is 8.35. The summed E-state index contributed by atoms with van der Waals surface area (Å²) in [5, 5.41) is 0.725. The molecule has 0 amide bonds. The van der Waals surface area contributed by atoms with E-state index in [-0.39, 0.29) is 11.5 Å². The zero-order valence-corrected chi connectivity index (χ0v) is 18.2. The SMILES string of the molecule is CCCS(=O)(=O)Nc1cccc(C(=O)c2c[nH]c3ncc(-c4ccccc4)cc23)c1C. The van der Waals surface area contributed by atoms with Crippen LogP contribution in [0, 0.1) is 6.92 Å². The zero-order valence-electron chi connectivity index (χ0n) is 17.3. The van der Waals surface area contributed by atoms with Crippen LogP contribution in [0.4, 0.5) is 5.69 Å². The Labute approximate surface area is 181 Å². The first-order valence-corrected chi connectivity index (χ1v) is 11.7. The number of hydrogen-bond acceptors (Lipinski definition) is 4. The quantitative estimate of drug-likeness (QED) is 0.405. The highest BCUT2D eigenvalue weighted by molar-refractivity contribution is 7.92. The lowest BCUT2D eigenvalue weighted by Gasteiger charge is -2.13. The van der Waals surface area contributed by atoms with Crippen molar-refractivity contribution in [1.82, 2.24) is 9.97 Å². The van der Waals surface area contributed by atoms with Gasteiger partial charge in [0.25, 0.3) is 0 Å². The van der Waals surface area contributed by atoms with Gasteiger partial charge in [0.15, 0.2) is 5.78 Å². The van der Waals surface area contributed by atoms with Crippen molar-refractivity contribution in [3.05, 3.63) is 83.7 Å². The summed E-state index contributed by atoms with van der Waals surface area (Å²) < 4.78 is 27.0. The average molecular weight is 434 g/mol. The van der Waals surface area contributed by atoms with E-state index >= 15 is 0 Å². The molecule has 0 bridgehead atoms. The lowest BCUT2D eigenvalue weighted by Crippen LogP contribution is -2.17. The minimum atomic E-state index is -3.45. The maximum atomic E-state index is 13.4. The molecular weight excluding hydrogens is 410 g/mol. The Bertz CT molecular complexity index is 1360. The van der Waals surface area contributed by atoms with Gasteiger partial charge in [-0.2, -0.15) is 0 Å². The van der Waals surface area contributed by atoms with E-state index in [4.69, 9.17) is 0 Å². The molecule has 0 atom stereocenters. The standard InChI is InChI=1S/C24H23N3O3S/c1-3-12-31(29,30)27-22-11-7-10-19(16(22)2)23(28)21-15-26-24-20(21)13-18(14-25-24)17-8-5-4-6-9-17/h4-11,13-15,27H,3,12H2,1-2H3,(H,25,26). The molecule has 0 saturated heterocycles. The number of hydrogen-bond donors (Lipinski definition) is 2. The maximum absolute atomic E-state index is 13.4. The number of sulfonamides is 1. The first-order valence-electron chi connectivity index (χ1n) is 10.1. The molecule has 0 fully saturated rings. The van der Waals surface area contributed by atoms with Crippen LogP contribution in [-0.2, 0) is 10.0 Å². The normalized spacial score (nSPS) is 11.5. The predicted octanol–water partition coefficient (Wildman–Crippen LogP) is 4.92. The molecular formula is C24H23N3O3S. The average Bonchev–Trinajstić information content (AvgIpc) is 3.18. The molecule has 2 heterocycles. The van der Waals surface area contributed by atoms with Gasteiger partial charge in [0, 0.05) is 34.5 Å². The number of rotatable bonds is 7. The van der Waals surface area contributed by atoms with Gasteiger partial charge in [-0.1, -0.05) is 49.4 Å². The summed E-state index contributed by atoms with van der Waals surface area (Å²) in [6, 6.07) is 16.9. The highest BCUT2D eigenvalue weighted by atomic mass is 32.2. The fraction of sp³-hybridized carbons (Fsp3) is 0.167. The van der Waals surface area contributed by atoms with Crippen LogP contribution in [0.5, 0.6) is 0 Å². The van der Waals surface area contributed by atoms with Gasteiger partial charge in [-0.25, -0.2) is 13.4 Å². The van der Waals surface area contributed by atoms with E-state index in [2.05, 4.69) is 14.7 Å². The fourth-order valence-corrected chi connectivity index (χ4v) is 4.80. The number of nitrogens with zero attached hydrogens (tertiary/aromatic N) is 1. The van der Waals surface area contributed by atoms with E-state index in [0.717, 1.165) is 16.5 Å². The van der Waals surface area contributed by atoms with Crippen LogP contribution in [0.3, 0.4) is 0 Å². The highest BCUT2D eigenvalue weighted by Crippen LogP contribution is 2.28. The molecule has 7 heteroatoms. The fourth-order valence-electron chi connectivity index (χ4n) is 3.60. The minimum Gasteiger partial charge on any atom is -0.345 e. The number of aromatic nitrogens is 2. The molecule has 0 unspecified atom stereocenters. The third-order valence-corrected chi connectivity index (χ3v) is 6.68. The van der Waals surface area contributed by atoms with Crippen LogP contribution in [0.25, 0.3) is 22.2 Å². The van der Waals surface area contributed by atoms with E-state index in [0.29, 0.717) is 34.4 Å². The molecule has 31 heavy (non-hydrogen) atoms. The topological polar surface area (TPSA) is 91.9 Å². The third kappa shape index (κ3) is 4.22. The van der Waals surface area contributed by atoms with Crippen LogP contribution in [0.2, 0.25) is 0 Å². The van der Waals surface area contributed by atoms with E-state index < -0.39 is 10.0 Å². The van der Waals surface area contributed by atoms with E-state index in [1.165, 1.54) is 0 Å². The Hall–Kier alpha value is -3.45. The number of benzene rings is 2. The Morgan fingerprint density at radius 2 is 1.81 bits per heavy atom. The molecule has 0 aliphatic heterocycles. The summed E-state index contributed by atoms with van der Waals surface area (Å²) in [6.45, 7) is 3.56. The van der Waals surface area contributed by atoms with Crippen molar-refractivity contribution in [3.63, 3.8) is 0 Å². The van der Waals surface area contributed by atoms with Gasteiger partial charge >= 0.3 is 0 Å². The van der Waals surface area contributed by atoms with Crippen molar-refractivity contribution in [2.24, 2.45) is 0 Å². The summed E-state index contributed by atoms with van der Waals surface area (Å²) in [7, 11) is -3.45. The smallest absolute Gasteiger partial charge is 0.232 e. The summed E-state index contributed by atoms with van der Waals surface area (Å²) in [6.07, 6.45) is 3.94. The van der Waals surface area contributed by atoms with Crippen molar-refractivity contribution in [2.45, 2.75) is 20.3 Å². The number of H-pyrrole nitrogens is 1. The van der Waals surface area contributed by atoms with Crippen LogP contribution >= 0.6 is 0 Å². The van der Waals surface area contributed by atoms with Gasteiger partial charge in [-0.3, -0.25) is 9.52 Å². The molecule has 0 spiro atoms. The number of carbonyl (C=O) groups excluding carboxylic acids is 1. The van der Waals surface area contributed by atoms with Crippen molar-refractivity contribution < 1.29 is 13.2 Å². The molecule has 2 aromatic heterocycles. The van der Waals surface area contributed by atoms with E-state index in [1.54, 1.807) is 44.4 Å². The van der Waals surface area contributed by atoms with Crippen LogP contribution in [-0.4, -0.2) is 29.9 Å². The second-order valence-electron chi connectivity index (χ2n) is 7.42. The molecule has 6 nitrogen and oxygen atoms in total. The van der Waals surface area contributed by atoms with E-state index in [1.807, 2.05) is 36.4 Å². The molecule has 4 aromatic rings. The monoisotopic (exact) mass is 433 g/mol. The lowest BCUT2D eigenvalue weighted by molar-refractivity contribution is 0.103. The Kier molecular flexibility index (Phi) is 5.61. The number of aromatic amines is 1. The van der Waals surface area contributed by atoms with Crippen molar-refractivity contribution in [1.29, 1.82) is 0 Å². The molecule has 0 aliphatic rings. The van der Waals surface area contributed by atoms with Crippen molar-refractivity contribution in [3.8, 4) is 11.1 Å². The number of carbonyl (C=O) groups is 1. The van der Waals surface area contributed by atoms with Gasteiger partial charge in [-0.05, 0) is 36.6 Å². The second-order valence-corrected chi connectivity index (χ2v) is 9.26. The largest absolute Gasteiger partial charge is 0.345 e. The van der Waals surface area contributed by atoms with Gasteiger partial charge < -0.3 is 4.98 Å². The summed E-state index contributed by atoms with van der Waals surface area (Å²) in [4.78, 5) is 20.9. The van der Waals surface area contributed by atoms with Gasteiger partial charge in [0.05, 0.1) is 11.4 Å². The Balaban J connectivity index is 1.74. The van der Waals surface area contributed by atoms with Crippen LogP contribution < -0.4 is 4.72 Å². The molecule has 0 radical (unpaired) electrons. The molecule has 2 N–H and O–H groups in total. The number of anilines is 1. The first-order chi connectivity index (χ1) is 14.9. The maximum Gasteiger partial charge on any atom is 0.232 e. The molecule has 4 rings (SSSR count). The summed E-state index contributed by atoms with van der Waals surface area (Å²) in [5.74, 6) is -0.159. The van der Waals surface area contributed by atoms with Gasteiger partial charge in [0.2, 0.25) is 10.0 Å². The van der Waals surface area contributed by atoms with Gasteiger partial charge in [0.1, 0.15) is 5.65 Å². The molecule has 0 saturated carbocycles. The molecule has 158 valence electrons. The number of pyridine rings is 1. The molecule has 2 aromatic carbocycles. The van der Waals surface area contributed by atoms with Crippen LogP contribution in [0.15, 0.2) is 67.0 Å². The lowest BCUT2D eigenvalue weighted by atomic mass is 9.97. The number of fused-ring (bicyclic) bond motifs is 1. The number of ketones is 1. The highest BCUT2D eigenvalue weighted by Gasteiger charge is 2.20. The molecule has 0 aliphatic carbocycles. The van der Waals surface area contributed by atoms with Crippen molar-refractivity contribution >= 4 is 32.5 Å². The Morgan fingerprint density at radius 1 is 1.03 bits per heavy atom.